The Morgan fingerprint density at radius 2 is 2.05 bits per heavy atom. The van der Waals surface area contributed by atoms with Crippen molar-refractivity contribution in [2.45, 2.75) is 0 Å². The third kappa shape index (κ3) is 3.26. The first-order valence-electron chi connectivity index (χ1n) is 5.80. The molecule has 0 saturated heterocycles. The normalized spacial score (nSPS) is 10.2. The lowest BCUT2D eigenvalue weighted by atomic mass is 10.2. The van der Waals surface area contributed by atoms with E-state index < -0.39 is 10.8 Å². The monoisotopic (exact) mass is 307 g/mol. The van der Waals surface area contributed by atoms with Crippen LogP contribution >= 0.6 is 11.6 Å². The second-order valence-corrected chi connectivity index (χ2v) is 4.67. The molecule has 0 aliphatic heterocycles. The van der Waals surface area contributed by atoms with Gasteiger partial charge in [0.25, 0.3) is 17.2 Å². The number of hydrogen-bond donors (Lipinski definition) is 1. The van der Waals surface area contributed by atoms with Crippen molar-refractivity contribution >= 4 is 28.9 Å². The number of rotatable bonds is 3. The zero-order chi connectivity index (χ0) is 15.6. The van der Waals surface area contributed by atoms with Gasteiger partial charge in [0.1, 0.15) is 5.69 Å². The van der Waals surface area contributed by atoms with Gasteiger partial charge in [0, 0.05) is 36.0 Å². The number of anilines is 1. The molecule has 1 aromatic heterocycles. The van der Waals surface area contributed by atoms with Gasteiger partial charge in [-0.05, 0) is 18.2 Å². The third-order valence-corrected chi connectivity index (χ3v) is 3.01. The molecule has 0 radical (unpaired) electrons. The highest BCUT2D eigenvalue weighted by Gasteiger charge is 2.17. The minimum Gasteiger partial charge on any atom is -0.319 e. The van der Waals surface area contributed by atoms with E-state index in [0.717, 1.165) is 6.07 Å². The Morgan fingerprint density at radius 3 is 2.67 bits per heavy atom. The Kier molecular flexibility index (Phi) is 4.04. The van der Waals surface area contributed by atoms with Gasteiger partial charge in [-0.1, -0.05) is 11.6 Å². The SMILES string of the molecule is Cn1ccc(C(=O)Nc2cc(Cl)ccc2[N+](=O)[O-])cc1=O. The minimum absolute atomic E-state index is 0.0295. The molecule has 0 spiro atoms. The highest BCUT2D eigenvalue weighted by Crippen LogP contribution is 2.27. The number of pyridine rings is 1. The zero-order valence-electron chi connectivity index (χ0n) is 10.9. The van der Waals surface area contributed by atoms with Crippen molar-refractivity contribution in [3.05, 3.63) is 67.6 Å². The summed E-state index contributed by atoms with van der Waals surface area (Å²) in [6.07, 6.45) is 1.43. The molecule has 0 aliphatic rings. The average Bonchev–Trinajstić information content (AvgIpc) is 2.41. The van der Waals surface area contributed by atoms with Crippen molar-refractivity contribution in [1.29, 1.82) is 0 Å². The molecule has 8 heteroatoms. The Bertz CT molecular complexity index is 785. The van der Waals surface area contributed by atoms with Crippen LogP contribution in [0.5, 0.6) is 0 Å². The highest BCUT2D eigenvalue weighted by molar-refractivity contribution is 6.31. The van der Waals surface area contributed by atoms with Gasteiger partial charge in [-0.25, -0.2) is 0 Å². The van der Waals surface area contributed by atoms with E-state index in [9.17, 15) is 19.7 Å². The van der Waals surface area contributed by atoms with Crippen LogP contribution in [-0.4, -0.2) is 15.4 Å². The average molecular weight is 308 g/mol. The molecule has 0 saturated carbocycles. The number of carbonyl (C=O) groups is 1. The summed E-state index contributed by atoms with van der Waals surface area (Å²) in [7, 11) is 1.55. The fourth-order valence-electron chi connectivity index (χ4n) is 1.65. The van der Waals surface area contributed by atoms with E-state index in [2.05, 4.69) is 5.32 Å². The van der Waals surface area contributed by atoms with Gasteiger partial charge in [-0.15, -0.1) is 0 Å². The number of nitro groups is 1. The Balaban J connectivity index is 2.35. The lowest BCUT2D eigenvalue weighted by Gasteiger charge is -2.07. The maximum Gasteiger partial charge on any atom is 0.292 e. The van der Waals surface area contributed by atoms with Gasteiger partial charge < -0.3 is 9.88 Å². The number of aromatic nitrogens is 1. The van der Waals surface area contributed by atoms with Crippen molar-refractivity contribution in [3.8, 4) is 0 Å². The smallest absolute Gasteiger partial charge is 0.292 e. The maximum atomic E-state index is 12.0. The number of halogens is 1. The number of amides is 1. The number of carbonyl (C=O) groups excluding carboxylic acids is 1. The molecular weight excluding hydrogens is 298 g/mol. The van der Waals surface area contributed by atoms with Gasteiger partial charge in [0.05, 0.1) is 4.92 Å². The number of aryl methyl sites for hydroxylation is 1. The summed E-state index contributed by atoms with van der Waals surface area (Å²) in [5, 5.41) is 13.5. The van der Waals surface area contributed by atoms with Gasteiger partial charge in [0.15, 0.2) is 0 Å². The summed E-state index contributed by atoms with van der Waals surface area (Å²) in [5.41, 5.74) is -0.564. The van der Waals surface area contributed by atoms with Crippen LogP contribution in [0, 0.1) is 10.1 Å². The second kappa shape index (κ2) is 5.76. The lowest BCUT2D eigenvalue weighted by Crippen LogP contribution is -2.20. The van der Waals surface area contributed by atoms with Gasteiger partial charge >= 0.3 is 0 Å². The van der Waals surface area contributed by atoms with Crippen molar-refractivity contribution in [2.24, 2.45) is 7.05 Å². The molecule has 2 rings (SSSR count). The van der Waals surface area contributed by atoms with Gasteiger partial charge in [0.2, 0.25) is 0 Å². The number of hydrogen-bond acceptors (Lipinski definition) is 4. The molecule has 0 fully saturated rings. The van der Waals surface area contributed by atoms with E-state index in [-0.39, 0.29) is 27.5 Å². The number of nitrogens with zero attached hydrogens (tertiary/aromatic N) is 2. The first-order valence-corrected chi connectivity index (χ1v) is 6.18. The van der Waals surface area contributed by atoms with Crippen LogP contribution in [0.15, 0.2) is 41.3 Å². The summed E-state index contributed by atoms with van der Waals surface area (Å²) < 4.78 is 1.30. The largest absolute Gasteiger partial charge is 0.319 e. The van der Waals surface area contributed by atoms with E-state index in [1.54, 1.807) is 7.05 Å². The van der Waals surface area contributed by atoms with Crippen molar-refractivity contribution in [1.82, 2.24) is 4.57 Å². The van der Waals surface area contributed by atoms with Crippen molar-refractivity contribution in [3.63, 3.8) is 0 Å². The molecule has 21 heavy (non-hydrogen) atoms. The zero-order valence-corrected chi connectivity index (χ0v) is 11.6. The summed E-state index contributed by atoms with van der Waals surface area (Å²) in [5.74, 6) is -0.627. The molecule has 1 heterocycles. The van der Waals surface area contributed by atoms with Crippen LogP contribution in [0.3, 0.4) is 0 Å². The van der Waals surface area contributed by atoms with Crippen LogP contribution < -0.4 is 10.9 Å². The maximum absolute atomic E-state index is 12.0. The molecule has 1 aromatic carbocycles. The molecule has 1 N–H and O–H groups in total. The van der Waals surface area contributed by atoms with E-state index >= 15 is 0 Å². The third-order valence-electron chi connectivity index (χ3n) is 2.77. The Morgan fingerprint density at radius 1 is 1.33 bits per heavy atom. The van der Waals surface area contributed by atoms with Crippen LogP contribution in [0.1, 0.15) is 10.4 Å². The molecule has 1 amide bonds. The molecule has 0 aliphatic carbocycles. The lowest BCUT2D eigenvalue weighted by molar-refractivity contribution is -0.383. The first-order chi connectivity index (χ1) is 9.88. The Hall–Kier alpha value is -2.67. The summed E-state index contributed by atoms with van der Waals surface area (Å²) >= 11 is 5.77. The second-order valence-electron chi connectivity index (χ2n) is 4.24. The van der Waals surface area contributed by atoms with Crippen LogP contribution in [-0.2, 0) is 7.05 Å². The standard InChI is InChI=1S/C13H10ClN3O4/c1-16-5-4-8(6-12(16)18)13(19)15-10-7-9(14)2-3-11(10)17(20)21/h2-7H,1H3,(H,15,19). The number of nitro benzene ring substituents is 1. The topological polar surface area (TPSA) is 94.2 Å². The van der Waals surface area contributed by atoms with Crippen LogP contribution in [0.2, 0.25) is 5.02 Å². The van der Waals surface area contributed by atoms with E-state index in [0.29, 0.717) is 0 Å². The molecular formula is C13H10ClN3O4. The number of nitrogens with one attached hydrogen (secondary N) is 1. The van der Waals surface area contributed by atoms with E-state index in [1.165, 1.54) is 35.0 Å². The predicted molar refractivity (Wildman–Crippen MR) is 77.7 cm³/mol. The fraction of sp³-hybridized carbons (Fsp3) is 0.0769. The highest BCUT2D eigenvalue weighted by atomic mass is 35.5. The van der Waals surface area contributed by atoms with Crippen LogP contribution in [0.4, 0.5) is 11.4 Å². The Labute approximate surface area is 123 Å². The summed E-state index contributed by atoms with van der Waals surface area (Å²) in [4.78, 5) is 33.8. The van der Waals surface area contributed by atoms with E-state index in [4.69, 9.17) is 11.6 Å². The minimum atomic E-state index is -0.629. The van der Waals surface area contributed by atoms with Gasteiger partial charge in [-0.3, -0.25) is 19.7 Å². The van der Waals surface area contributed by atoms with Gasteiger partial charge in [-0.2, -0.15) is 0 Å². The molecule has 108 valence electrons. The quantitative estimate of drug-likeness (QED) is 0.694. The molecule has 0 unspecified atom stereocenters. The first kappa shape index (κ1) is 14.7. The molecule has 2 aromatic rings. The molecule has 0 bridgehead atoms. The van der Waals surface area contributed by atoms with Crippen molar-refractivity contribution < 1.29 is 9.72 Å². The summed E-state index contributed by atoms with van der Waals surface area (Å²) in [6, 6.07) is 6.41. The molecule has 7 nitrogen and oxygen atoms in total. The predicted octanol–water partition coefficient (Wildman–Crippen LogP) is 2.20. The van der Waals surface area contributed by atoms with Crippen molar-refractivity contribution in [2.75, 3.05) is 5.32 Å². The summed E-state index contributed by atoms with van der Waals surface area (Å²) in [6.45, 7) is 0. The van der Waals surface area contributed by atoms with E-state index in [1.807, 2.05) is 0 Å². The number of benzene rings is 1. The molecule has 0 atom stereocenters. The fourth-order valence-corrected chi connectivity index (χ4v) is 1.82. The van der Waals surface area contributed by atoms with Crippen LogP contribution in [0.25, 0.3) is 0 Å².